The molecule has 0 saturated heterocycles. The molecule has 1 aromatic carbocycles. The summed E-state index contributed by atoms with van der Waals surface area (Å²) in [6, 6.07) is 8.94. The van der Waals surface area contributed by atoms with Gasteiger partial charge in [0.2, 0.25) is 15.8 Å². The first-order valence-electron chi connectivity index (χ1n) is 9.36. The quantitative estimate of drug-likeness (QED) is 0.370. The van der Waals surface area contributed by atoms with Crippen LogP contribution >= 0.6 is 0 Å². The van der Waals surface area contributed by atoms with Crippen LogP contribution in [0, 0.1) is 6.92 Å². The molecule has 0 aliphatic rings. The van der Waals surface area contributed by atoms with Gasteiger partial charge in [0.15, 0.2) is 11.5 Å². The highest BCUT2D eigenvalue weighted by Crippen LogP contribution is 2.35. The zero-order chi connectivity index (χ0) is 23.7. The van der Waals surface area contributed by atoms with Crippen molar-refractivity contribution in [3.05, 3.63) is 53.9 Å². The largest absolute Gasteiger partial charge is 0.461 e. The molecule has 0 aliphatic carbocycles. The van der Waals surface area contributed by atoms with Crippen molar-refractivity contribution in [2.24, 2.45) is 0 Å². The van der Waals surface area contributed by atoms with E-state index in [0.717, 1.165) is 16.1 Å². The fraction of sp³-hybridized carbons (Fsp3) is 0.250. The van der Waals surface area contributed by atoms with Crippen molar-refractivity contribution in [1.29, 1.82) is 0 Å². The lowest BCUT2D eigenvalue weighted by molar-refractivity contribution is 0.0517. The highest BCUT2D eigenvalue weighted by molar-refractivity contribution is 7.92. The number of aryl methyl sites for hydroxylation is 1. The highest BCUT2D eigenvalue weighted by Gasteiger charge is 2.30. The van der Waals surface area contributed by atoms with E-state index in [-0.39, 0.29) is 28.2 Å². The van der Waals surface area contributed by atoms with E-state index in [1.807, 2.05) is 0 Å². The number of fused-ring (bicyclic) bond motifs is 1. The molecule has 3 aromatic rings. The number of ether oxygens (including phenoxy) is 1. The maximum Gasteiger partial charge on any atom is 0.361 e. The molecule has 0 spiro atoms. The minimum absolute atomic E-state index is 0.0256. The normalized spacial score (nSPS) is 11.9. The minimum atomic E-state index is -4.37. The van der Waals surface area contributed by atoms with Crippen molar-refractivity contribution >= 4 is 42.8 Å². The Hall–Kier alpha value is -3.25. The number of benzene rings is 1. The van der Waals surface area contributed by atoms with Gasteiger partial charge in [0.25, 0.3) is 0 Å². The van der Waals surface area contributed by atoms with Gasteiger partial charge in [-0.1, -0.05) is 17.7 Å². The third-order valence-electron chi connectivity index (χ3n) is 4.46. The SMILES string of the molecule is CCOC(=O)c1nc(N(C)S(C)(=O)=O)c2cccnc2c1OS(=O)(=O)c1ccc(C)cc1. The molecule has 2 heterocycles. The first-order valence-corrected chi connectivity index (χ1v) is 12.6. The lowest BCUT2D eigenvalue weighted by atomic mass is 10.2. The number of pyridine rings is 2. The molecule has 0 aliphatic heterocycles. The summed E-state index contributed by atoms with van der Waals surface area (Å²) < 4.78 is 61.3. The molecule has 3 rings (SSSR count). The van der Waals surface area contributed by atoms with Crippen LogP contribution in [-0.4, -0.2) is 52.7 Å². The minimum Gasteiger partial charge on any atom is -0.461 e. The molecule has 170 valence electrons. The van der Waals surface area contributed by atoms with E-state index in [0.29, 0.717) is 0 Å². The van der Waals surface area contributed by atoms with Gasteiger partial charge >= 0.3 is 16.1 Å². The molecule has 0 amide bonds. The van der Waals surface area contributed by atoms with Crippen LogP contribution in [0.25, 0.3) is 10.9 Å². The zero-order valence-electron chi connectivity index (χ0n) is 17.8. The Morgan fingerprint density at radius 3 is 2.34 bits per heavy atom. The number of anilines is 1. The molecule has 0 saturated carbocycles. The molecular formula is C20H21N3O7S2. The predicted molar refractivity (Wildman–Crippen MR) is 118 cm³/mol. The van der Waals surface area contributed by atoms with Crippen molar-refractivity contribution in [2.45, 2.75) is 18.7 Å². The number of nitrogens with zero attached hydrogens (tertiary/aromatic N) is 3. The van der Waals surface area contributed by atoms with Crippen LogP contribution in [0.4, 0.5) is 5.82 Å². The van der Waals surface area contributed by atoms with Gasteiger partial charge in [-0.05, 0) is 38.1 Å². The lowest BCUT2D eigenvalue weighted by Gasteiger charge is -2.20. The van der Waals surface area contributed by atoms with Gasteiger partial charge in [-0.3, -0.25) is 9.29 Å². The van der Waals surface area contributed by atoms with Gasteiger partial charge in [-0.15, -0.1) is 0 Å². The molecule has 2 aromatic heterocycles. The van der Waals surface area contributed by atoms with Gasteiger partial charge in [-0.25, -0.2) is 18.2 Å². The van der Waals surface area contributed by atoms with E-state index in [1.165, 1.54) is 37.5 Å². The van der Waals surface area contributed by atoms with Gasteiger partial charge in [0.05, 0.1) is 12.9 Å². The topological polar surface area (TPSA) is 133 Å². The molecule has 32 heavy (non-hydrogen) atoms. The monoisotopic (exact) mass is 479 g/mol. The molecule has 10 nitrogen and oxygen atoms in total. The average Bonchev–Trinajstić information content (AvgIpc) is 2.73. The van der Waals surface area contributed by atoms with Crippen molar-refractivity contribution in [2.75, 3.05) is 24.2 Å². The summed E-state index contributed by atoms with van der Waals surface area (Å²) >= 11 is 0. The number of aromatic nitrogens is 2. The van der Waals surface area contributed by atoms with Gasteiger partial charge < -0.3 is 8.92 Å². The Balaban J connectivity index is 2.30. The predicted octanol–water partition coefficient (Wildman–Crippen LogP) is 2.28. The Kier molecular flexibility index (Phi) is 6.37. The van der Waals surface area contributed by atoms with Crippen LogP contribution in [0.1, 0.15) is 23.0 Å². The molecule has 0 N–H and O–H groups in total. The first kappa shape index (κ1) is 23.4. The number of carbonyl (C=O) groups is 1. The molecule has 0 bridgehead atoms. The maximum atomic E-state index is 12.9. The van der Waals surface area contributed by atoms with Crippen LogP contribution in [0.3, 0.4) is 0 Å². The third kappa shape index (κ3) is 4.65. The Labute approximate surface area is 186 Å². The summed E-state index contributed by atoms with van der Waals surface area (Å²) in [5.74, 6) is -1.57. The van der Waals surface area contributed by atoms with Crippen molar-refractivity contribution in [3.63, 3.8) is 0 Å². The van der Waals surface area contributed by atoms with E-state index in [9.17, 15) is 21.6 Å². The fourth-order valence-electron chi connectivity index (χ4n) is 2.77. The smallest absolute Gasteiger partial charge is 0.361 e. The third-order valence-corrected chi connectivity index (χ3v) is 6.87. The van der Waals surface area contributed by atoms with Crippen LogP contribution in [0.5, 0.6) is 5.75 Å². The second-order valence-electron chi connectivity index (χ2n) is 6.81. The summed E-state index contributed by atoms with van der Waals surface area (Å²) in [7, 11) is -6.89. The van der Waals surface area contributed by atoms with Crippen LogP contribution < -0.4 is 8.49 Å². The first-order chi connectivity index (χ1) is 15.0. The zero-order valence-corrected chi connectivity index (χ0v) is 19.4. The highest BCUT2D eigenvalue weighted by atomic mass is 32.2. The molecular weight excluding hydrogens is 458 g/mol. The van der Waals surface area contributed by atoms with Gasteiger partial charge in [0.1, 0.15) is 10.4 Å². The molecule has 0 radical (unpaired) electrons. The van der Waals surface area contributed by atoms with Crippen molar-refractivity contribution in [1.82, 2.24) is 9.97 Å². The van der Waals surface area contributed by atoms with Crippen LogP contribution in [0.2, 0.25) is 0 Å². The van der Waals surface area contributed by atoms with E-state index in [4.69, 9.17) is 8.92 Å². The summed E-state index contributed by atoms with van der Waals surface area (Å²) in [6.07, 6.45) is 2.32. The molecule has 0 unspecified atom stereocenters. The van der Waals surface area contributed by atoms with Crippen molar-refractivity contribution in [3.8, 4) is 5.75 Å². The Morgan fingerprint density at radius 1 is 1.09 bits per heavy atom. The number of hydrogen-bond acceptors (Lipinski definition) is 9. The molecule has 12 heteroatoms. The van der Waals surface area contributed by atoms with Gasteiger partial charge in [-0.2, -0.15) is 8.42 Å². The number of esters is 1. The number of carbonyl (C=O) groups excluding carboxylic acids is 1. The van der Waals surface area contributed by atoms with Crippen molar-refractivity contribution < 1.29 is 30.6 Å². The number of hydrogen-bond donors (Lipinski definition) is 0. The summed E-state index contributed by atoms with van der Waals surface area (Å²) in [5.41, 5.74) is 0.268. The number of rotatable bonds is 7. The second-order valence-corrected chi connectivity index (χ2v) is 10.4. The Bertz CT molecular complexity index is 1390. The van der Waals surface area contributed by atoms with E-state index >= 15 is 0 Å². The molecule has 0 fully saturated rings. The Morgan fingerprint density at radius 2 is 1.75 bits per heavy atom. The standard InChI is InChI=1S/C20H21N3O7S2/c1-5-29-20(24)17-18(30-32(27,28)14-10-8-13(2)9-11-14)16-15(7-6-12-21-16)19(22-17)23(3)31(4,25)26/h6-12H,5H2,1-4H3. The average molecular weight is 480 g/mol. The van der Waals surface area contributed by atoms with E-state index in [1.54, 1.807) is 26.0 Å². The summed E-state index contributed by atoms with van der Waals surface area (Å²) in [4.78, 5) is 20.8. The number of sulfonamides is 1. The maximum absolute atomic E-state index is 12.9. The van der Waals surface area contributed by atoms with Gasteiger partial charge in [0, 0.05) is 18.6 Å². The van der Waals surface area contributed by atoms with E-state index < -0.39 is 37.6 Å². The van der Waals surface area contributed by atoms with E-state index in [2.05, 4.69) is 9.97 Å². The van der Waals surface area contributed by atoms with Crippen LogP contribution in [0.15, 0.2) is 47.5 Å². The summed E-state index contributed by atoms with van der Waals surface area (Å²) in [5, 5.41) is 0.169. The van der Waals surface area contributed by atoms with Crippen LogP contribution in [-0.2, 0) is 24.9 Å². The summed E-state index contributed by atoms with van der Waals surface area (Å²) in [6.45, 7) is 3.33. The second kappa shape index (κ2) is 8.71. The lowest BCUT2D eigenvalue weighted by Crippen LogP contribution is -2.27. The molecule has 0 atom stereocenters. The fourth-order valence-corrected chi connectivity index (χ4v) is 4.17.